The van der Waals surface area contributed by atoms with Crippen LogP contribution < -0.4 is 5.32 Å². The van der Waals surface area contributed by atoms with Gasteiger partial charge in [0.1, 0.15) is 9.71 Å². The maximum absolute atomic E-state index is 12.6. The molecule has 0 saturated carbocycles. The van der Waals surface area contributed by atoms with E-state index in [1.54, 1.807) is 13.0 Å². The van der Waals surface area contributed by atoms with Crippen LogP contribution in [0, 0.1) is 6.92 Å². The second-order valence-electron chi connectivity index (χ2n) is 5.95. The first-order valence-electron chi connectivity index (χ1n) is 8.44. The molecule has 4 rings (SSSR count). The molecule has 2 aromatic heterocycles. The predicted molar refractivity (Wildman–Crippen MR) is 110 cm³/mol. The molecule has 4 aromatic rings. The van der Waals surface area contributed by atoms with Crippen molar-refractivity contribution in [2.45, 2.75) is 13.8 Å². The van der Waals surface area contributed by atoms with Crippen LogP contribution in [0.1, 0.15) is 32.5 Å². The number of thiazole rings is 1. The summed E-state index contributed by atoms with van der Waals surface area (Å²) >= 11 is 2.66. The molecule has 0 aliphatic heterocycles. The van der Waals surface area contributed by atoms with Gasteiger partial charge in [0.25, 0.3) is 5.91 Å². The van der Waals surface area contributed by atoms with Crippen LogP contribution >= 0.6 is 22.7 Å². The highest BCUT2D eigenvalue weighted by atomic mass is 32.1. The monoisotopic (exact) mass is 396 g/mol. The molecule has 0 fully saturated rings. The molecule has 0 aliphatic rings. The second kappa shape index (κ2) is 7.09. The summed E-state index contributed by atoms with van der Waals surface area (Å²) in [5, 5.41) is 5.48. The quantitative estimate of drug-likeness (QED) is 0.479. The van der Waals surface area contributed by atoms with Gasteiger partial charge in [-0.1, -0.05) is 41.7 Å². The zero-order valence-corrected chi connectivity index (χ0v) is 16.4. The Kier molecular flexibility index (Phi) is 4.63. The van der Waals surface area contributed by atoms with Crippen LogP contribution in [0.2, 0.25) is 0 Å². The highest BCUT2D eigenvalue weighted by Crippen LogP contribution is 2.37. The summed E-state index contributed by atoms with van der Waals surface area (Å²) in [5.74, 6) is -0.530. The van der Waals surface area contributed by atoms with E-state index in [9.17, 15) is 9.59 Å². The fourth-order valence-corrected chi connectivity index (χ4v) is 5.04. The number of amides is 1. The topological polar surface area (TPSA) is 68.3 Å². The van der Waals surface area contributed by atoms with Crippen LogP contribution in [-0.2, 0) is 4.74 Å². The molecule has 1 N–H and O–H groups in total. The van der Waals surface area contributed by atoms with Gasteiger partial charge in [0.2, 0.25) is 0 Å². The highest BCUT2D eigenvalue weighted by Gasteiger charge is 2.20. The van der Waals surface area contributed by atoms with Gasteiger partial charge in [0, 0.05) is 5.56 Å². The fraction of sp³-hybridized carbons (Fsp3) is 0.150. The summed E-state index contributed by atoms with van der Waals surface area (Å²) in [6.45, 7) is 3.99. The first kappa shape index (κ1) is 17.6. The Morgan fingerprint density at radius 1 is 1.11 bits per heavy atom. The van der Waals surface area contributed by atoms with E-state index in [1.807, 2.05) is 43.3 Å². The van der Waals surface area contributed by atoms with Crippen molar-refractivity contribution >= 4 is 60.0 Å². The summed E-state index contributed by atoms with van der Waals surface area (Å²) in [7, 11) is 0. The normalized spacial score (nSPS) is 11.0. The maximum Gasteiger partial charge on any atom is 0.348 e. The molecule has 27 heavy (non-hydrogen) atoms. The third-order valence-electron chi connectivity index (χ3n) is 4.17. The lowest BCUT2D eigenvalue weighted by Gasteiger charge is -2.04. The first-order chi connectivity index (χ1) is 13.1. The van der Waals surface area contributed by atoms with Crippen molar-refractivity contribution in [1.29, 1.82) is 0 Å². The molecule has 136 valence electrons. The van der Waals surface area contributed by atoms with Gasteiger partial charge in [0.05, 0.1) is 11.3 Å². The minimum atomic E-state index is -0.327. The van der Waals surface area contributed by atoms with E-state index >= 15 is 0 Å². The van der Waals surface area contributed by atoms with Crippen LogP contribution in [0.3, 0.4) is 0 Å². The molecular formula is C20H16N2O3S2. The van der Waals surface area contributed by atoms with Gasteiger partial charge in [-0.3, -0.25) is 10.1 Å². The lowest BCUT2D eigenvalue weighted by atomic mass is 10.1. The van der Waals surface area contributed by atoms with Gasteiger partial charge in [-0.25, -0.2) is 9.78 Å². The summed E-state index contributed by atoms with van der Waals surface area (Å²) in [4.78, 5) is 30.3. The Balaban J connectivity index is 1.59. The van der Waals surface area contributed by atoms with Crippen LogP contribution in [0.4, 0.5) is 5.13 Å². The molecule has 0 unspecified atom stereocenters. The number of fused-ring (bicyclic) bond motifs is 2. The molecule has 0 aliphatic carbocycles. The van der Waals surface area contributed by atoms with Crippen molar-refractivity contribution in [3.8, 4) is 0 Å². The van der Waals surface area contributed by atoms with Gasteiger partial charge in [-0.2, -0.15) is 0 Å². The van der Waals surface area contributed by atoms with E-state index in [0.29, 0.717) is 22.2 Å². The van der Waals surface area contributed by atoms with E-state index in [2.05, 4.69) is 10.3 Å². The Hall–Kier alpha value is -2.77. The lowest BCUT2D eigenvalue weighted by molar-refractivity contribution is 0.0531. The summed E-state index contributed by atoms with van der Waals surface area (Å²) in [6, 6.07) is 13.5. The average molecular weight is 396 g/mol. The Bertz CT molecular complexity index is 1180. The minimum absolute atomic E-state index is 0.203. The number of carbonyl (C=O) groups is 2. The molecule has 7 heteroatoms. The number of rotatable bonds is 4. The molecule has 0 spiro atoms. The van der Waals surface area contributed by atoms with E-state index in [0.717, 1.165) is 25.9 Å². The standard InChI is InChI=1S/C20H16N2O3S2/c1-3-25-19(24)16-11(2)15-18(26-16)22-20(27-15)21-17(23)14-9-8-12-6-4-5-7-13(12)10-14/h4-10H,3H2,1-2H3,(H,21,22,23). The number of ether oxygens (including phenoxy) is 1. The minimum Gasteiger partial charge on any atom is -0.462 e. The molecule has 0 saturated heterocycles. The largest absolute Gasteiger partial charge is 0.462 e. The number of carbonyl (C=O) groups excluding carboxylic acids is 2. The SMILES string of the molecule is CCOC(=O)c1sc2nc(NC(=O)c3ccc4ccccc4c3)sc2c1C. The number of nitrogens with one attached hydrogen (secondary N) is 1. The van der Waals surface area contributed by atoms with Crippen molar-refractivity contribution in [1.82, 2.24) is 4.98 Å². The Labute approximate surface area is 163 Å². The van der Waals surface area contributed by atoms with Gasteiger partial charge >= 0.3 is 5.97 Å². The number of benzene rings is 2. The fourth-order valence-electron chi connectivity index (χ4n) is 2.83. The molecule has 2 heterocycles. The molecule has 1 amide bonds. The number of nitrogens with zero attached hydrogens (tertiary/aromatic N) is 1. The van der Waals surface area contributed by atoms with Crippen LogP contribution in [-0.4, -0.2) is 23.5 Å². The molecule has 0 atom stereocenters. The highest BCUT2D eigenvalue weighted by molar-refractivity contribution is 7.30. The number of thiophene rings is 1. The van der Waals surface area contributed by atoms with Crippen LogP contribution in [0.25, 0.3) is 20.3 Å². The maximum atomic E-state index is 12.6. The van der Waals surface area contributed by atoms with Crippen molar-refractivity contribution in [2.24, 2.45) is 0 Å². The average Bonchev–Trinajstić information content (AvgIpc) is 3.20. The summed E-state index contributed by atoms with van der Waals surface area (Å²) in [5.41, 5.74) is 1.42. The van der Waals surface area contributed by atoms with Crippen molar-refractivity contribution in [2.75, 3.05) is 11.9 Å². The van der Waals surface area contributed by atoms with Crippen molar-refractivity contribution < 1.29 is 14.3 Å². The lowest BCUT2D eigenvalue weighted by Crippen LogP contribution is -2.11. The molecule has 5 nitrogen and oxygen atoms in total. The summed E-state index contributed by atoms with van der Waals surface area (Å²) in [6.07, 6.45) is 0. The molecular weight excluding hydrogens is 380 g/mol. The van der Waals surface area contributed by atoms with E-state index < -0.39 is 0 Å². The molecule has 0 radical (unpaired) electrons. The predicted octanol–water partition coefficient (Wildman–Crippen LogP) is 5.25. The van der Waals surface area contributed by atoms with Crippen LogP contribution in [0.5, 0.6) is 0 Å². The van der Waals surface area contributed by atoms with Crippen LogP contribution in [0.15, 0.2) is 42.5 Å². The smallest absolute Gasteiger partial charge is 0.348 e. The third-order valence-corrected chi connectivity index (χ3v) is 6.55. The zero-order chi connectivity index (χ0) is 19.0. The third kappa shape index (κ3) is 3.31. The van der Waals surface area contributed by atoms with E-state index in [4.69, 9.17) is 4.74 Å². The van der Waals surface area contributed by atoms with Gasteiger partial charge in [0.15, 0.2) is 5.13 Å². The van der Waals surface area contributed by atoms with Gasteiger partial charge in [-0.15, -0.1) is 11.3 Å². The number of aromatic nitrogens is 1. The Morgan fingerprint density at radius 3 is 2.63 bits per heavy atom. The first-order valence-corrected chi connectivity index (χ1v) is 10.1. The number of anilines is 1. The van der Waals surface area contributed by atoms with Gasteiger partial charge < -0.3 is 4.74 Å². The zero-order valence-electron chi connectivity index (χ0n) is 14.7. The number of aryl methyl sites for hydroxylation is 1. The van der Waals surface area contributed by atoms with Crippen molar-refractivity contribution in [3.05, 3.63) is 58.5 Å². The number of hydrogen-bond donors (Lipinski definition) is 1. The molecule has 0 bridgehead atoms. The number of esters is 1. The van der Waals surface area contributed by atoms with Gasteiger partial charge in [-0.05, 0) is 42.3 Å². The van der Waals surface area contributed by atoms with Crippen molar-refractivity contribution in [3.63, 3.8) is 0 Å². The summed E-state index contributed by atoms with van der Waals surface area (Å²) < 4.78 is 5.97. The van der Waals surface area contributed by atoms with E-state index in [-0.39, 0.29) is 11.9 Å². The number of hydrogen-bond acceptors (Lipinski definition) is 6. The second-order valence-corrected chi connectivity index (χ2v) is 7.94. The van der Waals surface area contributed by atoms with E-state index in [1.165, 1.54) is 22.7 Å². The molecule has 2 aromatic carbocycles. The Morgan fingerprint density at radius 2 is 1.89 bits per heavy atom.